The summed E-state index contributed by atoms with van der Waals surface area (Å²) in [7, 11) is 4.36. The molecule has 0 radical (unpaired) electrons. The second-order valence-corrected chi connectivity index (χ2v) is 6.78. The van der Waals surface area contributed by atoms with Crippen LogP contribution in [0, 0.1) is 24.7 Å². The van der Waals surface area contributed by atoms with E-state index in [-0.39, 0.29) is 0 Å². The van der Waals surface area contributed by atoms with E-state index in [4.69, 9.17) is 0 Å². The lowest BCUT2D eigenvalue weighted by atomic mass is 9.72. The number of anilines is 1. The van der Waals surface area contributed by atoms with Gasteiger partial charge in [-0.25, -0.2) is 0 Å². The number of benzene rings is 1. The maximum absolute atomic E-state index is 3.56. The van der Waals surface area contributed by atoms with Gasteiger partial charge in [0.25, 0.3) is 0 Å². The molecule has 2 heteroatoms. The van der Waals surface area contributed by atoms with Crippen LogP contribution in [0.4, 0.5) is 5.69 Å². The van der Waals surface area contributed by atoms with Crippen LogP contribution in [0.15, 0.2) is 24.3 Å². The highest BCUT2D eigenvalue weighted by Crippen LogP contribution is 2.35. The number of rotatable bonds is 4. The molecule has 1 N–H and O–H groups in total. The molecule has 0 aliphatic heterocycles. The molecule has 0 heterocycles. The second kappa shape index (κ2) is 6.62. The van der Waals surface area contributed by atoms with E-state index in [1.54, 1.807) is 0 Å². The van der Waals surface area contributed by atoms with Crippen LogP contribution in [0.1, 0.15) is 32.3 Å². The summed E-state index contributed by atoms with van der Waals surface area (Å²) in [6.07, 6.45) is 2.68. The van der Waals surface area contributed by atoms with E-state index in [9.17, 15) is 0 Å². The Morgan fingerprint density at radius 2 is 1.90 bits per heavy atom. The predicted octanol–water partition coefficient (Wildman–Crippen LogP) is 3.70. The second-order valence-electron chi connectivity index (χ2n) is 6.78. The number of nitrogens with zero attached hydrogens (tertiary/aromatic N) is 1. The van der Waals surface area contributed by atoms with Crippen LogP contribution in [0.5, 0.6) is 0 Å². The van der Waals surface area contributed by atoms with Crippen molar-refractivity contribution in [1.82, 2.24) is 5.32 Å². The third-order valence-electron chi connectivity index (χ3n) is 5.06. The van der Waals surface area contributed by atoms with Gasteiger partial charge in [0.1, 0.15) is 0 Å². The van der Waals surface area contributed by atoms with E-state index in [0.29, 0.717) is 6.04 Å². The van der Waals surface area contributed by atoms with Crippen LogP contribution < -0.4 is 10.2 Å². The lowest BCUT2D eigenvalue weighted by Crippen LogP contribution is -2.47. The summed E-state index contributed by atoms with van der Waals surface area (Å²) in [6, 6.07) is 9.35. The van der Waals surface area contributed by atoms with E-state index >= 15 is 0 Å². The first-order valence-electron chi connectivity index (χ1n) is 7.97. The lowest BCUT2D eigenvalue weighted by molar-refractivity contribution is 0.158. The van der Waals surface area contributed by atoms with E-state index in [1.807, 2.05) is 0 Å². The fourth-order valence-corrected chi connectivity index (χ4v) is 3.96. The van der Waals surface area contributed by atoms with Gasteiger partial charge >= 0.3 is 0 Å². The highest BCUT2D eigenvalue weighted by molar-refractivity contribution is 5.52. The quantitative estimate of drug-likeness (QED) is 0.900. The van der Waals surface area contributed by atoms with Gasteiger partial charge < -0.3 is 10.2 Å². The summed E-state index contributed by atoms with van der Waals surface area (Å²) >= 11 is 0. The Morgan fingerprint density at radius 1 is 1.20 bits per heavy atom. The maximum atomic E-state index is 3.56. The van der Waals surface area contributed by atoms with Crippen molar-refractivity contribution >= 4 is 5.69 Å². The fourth-order valence-electron chi connectivity index (χ4n) is 3.96. The summed E-state index contributed by atoms with van der Waals surface area (Å²) < 4.78 is 0. The predicted molar refractivity (Wildman–Crippen MR) is 88.3 cm³/mol. The molecule has 0 amide bonds. The molecule has 112 valence electrons. The van der Waals surface area contributed by atoms with Crippen molar-refractivity contribution < 1.29 is 0 Å². The molecular formula is C18H30N2. The largest absolute Gasteiger partial charge is 0.374 e. The van der Waals surface area contributed by atoms with Gasteiger partial charge in [0, 0.05) is 25.3 Å². The van der Waals surface area contributed by atoms with Crippen molar-refractivity contribution in [2.24, 2.45) is 17.8 Å². The molecule has 1 saturated carbocycles. The van der Waals surface area contributed by atoms with Gasteiger partial charge in [0.15, 0.2) is 0 Å². The van der Waals surface area contributed by atoms with E-state index in [1.165, 1.54) is 24.1 Å². The minimum atomic E-state index is 0.653. The van der Waals surface area contributed by atoms with Gasteiger partial charge in [0.05, 0.1) is 0 Å². The molecule has 0 saturated heterocycles. The number of aryl methyl sites for hydroxylation is 1. The lowest BCUT2D eigenvalue weighted by Gasteiger charge is -2.42. The molecule has 1 aromatic carbocycles. The zero-order chi connectivity index (χ0) is 14.7. The van der Waals surface area contributed by atoms with Crippen LogP contribution in [0.2, 0.25) is 0 Å². The fraction of sp³-hybridized carbons (Fsp3) is 0.667. The summed E-state index contributed by atoms with van der Waals surface area (Å²) in [5.74, 6) is 2.38. The van der Waals surface area contributed by atoms with Crippen LogP contribution >= 0.6 is 0 Å². The Kier molecular flexibility index (Phi) is 5.09. The van der Waals surface area contributed by atoms with Crippen LogP contribution in [0.25, 0.3) is 0 Å². The van der Waals surface area contributed by atoms with Crippen LogP contribution in [-0.2, 0) is 0 Å². The van der Waals surface area contributed by atoms with Gasteiger partial charge in [-0.2, -0.15) is 0 Å². The molecule has 2 rings (SSSR count). The number of hydrogen-bond acceptors (Lipinski definition) is 2. The highest BCUT2D eigenvalue weighted by Gasteiger charge is 2.33. The van der Waals surface area contributed by atoms with Crippen molar-refractivity contribution in [3.63, 3.8) is 0 Å². The average Bonchev–Trinajstić information content (AvgIpc) is 2.41. The molecule has 2 nitrogen and oxygen atoms in total. The zero-order valence-corrected chi connectivity index (χ0v) is 13.7. The third-order valence-corrected chi connectivity index (χ3v) is 5.06. The summed E-state index contributed by atoms with van der Waals surface area (Å²) in [6.45, 7) is 8.16. The van der Waals surface area contributed by atoms with E-state index in [2.05, 4.69) is 69.3 Å². The Hall–Kier alpha value is -1.02. The first kappa shape index (κ1) is 15.4. The van der Waals surface area contributed by atoms with Crippen molar-refractivity contribution in [3.8, 4) is 0 Å². The van der Waals surface area contributed by atoms with Gasteiger partial charge in [0.2, 0.25) is 0 Å². The topological polar surface area (TPSA) is 15.3 Å². The molecule has 4 atom stereocenters. The summed E-state index contributed by atoms with van der Waals surface area (Å²) in [4.78, 5) is 2.44. The van der Waals surface area contributed by atoms with Gasteiger partial charge in [-0.05, 0) is 56.2 Å². The first-order chi connectivity index (χ1) is 9.52. The maximum Gasteiger partial charge on any atom is 0.0393 e. The number of para-hydroxylation sites is 1. The number of nitrogens with one attached hydrogen (secondary N) is 1. The normalized spacial score (nSPS) is 30.2. The Bertz CT molecular complexity index is 429. The SMILES string of the molecule is CNC1CC(C)CC(C)C1CN(C)c1ccccc1C. The Morgan fingerprint density at radius 3 is 2.55 bits per heavy atom. The van der Waals surface area contributed by atoms with Crippen LogP contribution in [-0.4, -0.2) is 26.7 Å². The van der Waals surface area contributed by atoms with Crippen molar-refractivity contribution in [1.29, 1.82) is 0 Å². The van der Waals surface area contributed by atoms with Crippen molar-refractivity contribution in [2.75, 3.05) is 25.5 Å². The minimum Gasteiger partial charge on any atom is -0.374 e. The summed E-state index contributed by atoms with van der Waals surface area (Å²) in [5.41, 5.74) is 2.74. The molecule has 4 unspecified atom stereocenters. The van der Waals surface area contributed by atoms with Crippen LogP contribution in [0.3, 0.4) is 0 Å². The number of hydrogen-bond donors (Lipinski definition) is 1. The Balaban J connectivity index is 2.09. The van der Waals surface area contributed by atoms with Crippen molar-refractivity contribution in [3.05, 3.63) is 29.8 Å². The van der Waals surface area contributed by atoms with E-state index in [0.717, 1.165) is 24.3 Å². The highest BCUT2D eigenvalue weighted by atomic mass is 15.1. The van der Waals surface area contributed by atoms with Gasteiger partial charge in [-0.15, -0.1) is 0 Å². The smallest absolute Gasteiger partial charge is 0.0393 e. The van der Waals surface area contributed by atoms with Gasteiger partial charge in [-0.1, -0.05) is 32.0 Å². The summed E-state index contributed by atoms with van der Waals surface area (Å²) in [5, 5.41) is 3.56. The monoisotopic (exact) mass is 274 g/mol. The van der Waals surface area contributed by atoms with Gasteiger partial charge in [-0.3, -0.25) is 0 Å². The minimum absolute atomic E-state index is 0.653. The standard InChI is InChI=1S/C18H30N2/c1-13-10-15(3)16(17(11-13)19-4)12-20(5)18-9-7-6-8-14(18)2/h6-9,13,15-17,19H,10-12H2,1-5H3. The molecule has 0 spiro atoms. The molecule has 1 aliphatic carbocycles. The van der Waals surface area contributed by atoms with E-state index < -0.39 is 0 Å². The molecular weight excluding hydrogens is 244 g/mol. The average molecular weight is 274 g/mol. The zero-order valence-electron chi connectivity index (χ0n) is 13.7. The molecule has 1 fully saturated rings. The molecule has 20 heavy (non-hydrogen) atoms. The molecule has 0 aromatic heterocycles. The molecule has 1 aromatic rings. The molecule has 1 aliphatic rings. The van der Waals surface area contributed by atoms with Crippen molar-refractivity contribution in [2.45, 2.75) is 39.7 Å². The Labute approximate surface area is 124 Å². The third kappa shape index (κ3) is 3.35. The molecule has 0 bridgehead atoms. The first-order valence-corrected chi connectivity index (χ1v) is 7.97.